The fourth-order valence-corrected chi connectivity index (χ4v) is 3.12. The fourth-order valence-electron chi connectivity index (χ4n) is 1.91. The van der Waals surface area contributed by atoms with Crippen molar-refractivity contribution in [1.82, 2.24) is 10.0 Å². The molecule has 0 bridgehead atoms. The van der Waals surface area contributed by atoms with Gasteiger partial charge in [-0.15, -0.1) is 6.58 Å². The van der Waals surface area contributed by atoms with E-state index in [0.717, 1.165) is 0 Å². The van der Waals surface area contributed by atoms with Crippen molar-refractivity contribution in [3.63, 3.8) is 0 Å². The highest BCUT2D eigenvalue weighted by atomic mass is 32.2. The maximum absolute atomic E-state index is 12.9. The Morgan fingerprint density at radius 3 is 2.31 bits per heavy atom. The molecule has 3 N–H and O–H groups in total. The van der Waals surface area contributed by atoms with E-state index in [-0.39, 0.29) is 22.1 Å². The number of anilines is 1. The van der Waals surface area contributed by atoms with Crippen LogP contribution in [0.25, 0.3) is 0 Å². The second-order valence-corrected chi connectivity index (χ2v) is 7.26. The molecule has 2 aromatic rings. The van der Waals surface area contributed by atoms with Crippen molar-refractivity contribution >= 4 is 38.9 Å². The van der Waals surface area contributed by atoms with Gasteiger partial charge >= 0.3 is 0 Å². The van der Waals surface area contributed by atoms with E-state index in [4.69, 9.17) is 12.2 Å². The van der Waals surface area contributed by atoms with Gasteiger partial charge in [-0.1, -0.05) is 6.08 Å². The summed E-state index contributed by atoms with van der Waals surface area (Å²) in [5.41, 5.74) is 0.752. The Kier molecular flexibility index (Phi) is 6.56. The summed E-state index contributed by atoms with van der Waals surface area (Å²) in [6.07, 6.45) is 1.44. The molecular weight excluding hydrogens is 377 g/mol. The molecule has 1 amide bonds. The third-order valence-corrected chi connectivity index (χ3v) is 4.82. The van der Waals surface area contributed by atoms with Gasteiger partial charge in [0.2, 0.25) is 10.0 Å². The van der Waals surface area contributed by atoms with Gasteiger partial charge in [0.15, 0.2) is 5.11 Å². The van der Waals surface area contributed by atoms with Gasteiger partial charge in [-0.2, -0.15) is 0 Å². The number of rotatable bonds is 6. The zero-order valence-electron chi connectivity index (χ0n) is 13.5. The molecule has 0 saturated carbocycles. The zero-order chi connectivity index (χ0) is 19.2. The Morgan fingerprint density at radius 2 is 1.73 bits per heavy atom. The lowest BCUT2D eigenvalue weighted by Crippen LogP contribution is -2.34. The zero-order valence-corrected chi connectivity index (χ0v) is 15.2. The Balaban J connectivity index is 1.98. The number of nitrogens with one attached hydrogen (secondary N) is 3. The predicted molar refractivity (Wildman–Crippen MR) is 102 cm³/mol. The van der Waals surface area contributed by atoms with Gasteiger partial charge in [0.1, 0.15) is 5.82 Å². The molecule has 0 spiro atoms. The summed E-state index contributed by atoms with van der Waals surface area (Å²) in [7, 11) is -3.61. The molecule has 0 aliphatic rings. The maximum Gasteiger partial charge on any atom is 0.257 e. The maximum atomic E-state index is 12.9. The number of halogens is 1. The molecule has 0 radical (unpaired) electrons. The second kappa shape index (κ2) is 8.65. The van der Waals surface area contributed by atoms with Gasteiger partial charge in [0.25, 0.3) is 5.91 Å². The standard InChI is InChI=1S/C17H16FN3O3S2/c1-2-11-19-26(23,24)15-9-7-14(8-10-15)20-17(25)21-16(22)12-3-5-13(18)6-4-12/h2-10,19H,1,11H2,(H2,20,21,22,25). The minimum atomic E-state index is -3.61. The van der Waals surface area contributed by atoms with Crippen LogP contribution in [-0.4, -0.2) is 26.0 Å². The van der Waals surface area contributed by atoms with Crippen LogP contribution in [0.5, 0.6) is 0 Å². The van der Waals surface area contributed by atoms with E-state index < -0.39 is 21.7 Å². The summed E-state index contributed by atoms with van der Waals surface area (Å²) < 4.78 is 39.1. The summed E-state index contributed by atoms with van der Waals surface area (Å²) in [5, 5.41) is 5.25. The van der Waals surface area contributed by atoms with Gasteiger partial charge in [-0.25, -0.2) is 17.5 Å². The lowest BCUT2D eigenvalue weighted by molar-refractivity contribution is 0.0977. The molecule has 0 saturated heterocycles. The van der Waals surface area contributed by atoms with E-state index in [1.807, 2.05) is 0 Å². The van der Waals surface area contributed by atoms with Crippen molar-refractivity contribution < 1.29 is 17.6 Å². The smallest absolute Gasteiger partial charge is 0.257 e. The number of sulfonamides is 1. The van der Waals surface area contributed by atoms with Crippen LogP contribution in [0.1, 0.15) is 10.4 Å². The quantitative estimate of drug-likeness (QED) is 0.518. The first-order valence-electron chi connectivity index (χ1n) is 7.40. The van der Waals surface area contributed by atoms with Crippen LogP contribution in [-0.2, 0) is 10.0 Å². The molecule has 0 aliphatic heterocycles. The Morgan fingerprint density at radius 1 is 1.12 bits per heavy atom. The minimum absolute atomic E-state index is 0.0275. The number of hydrogen-bond donors (Lipinski definition) is 3. The Hall–Kier alpha value is -2.62. The predicted octanol–water partition coefficient (Wildman–Crippen LogP) is 2.42. The van der Waals surface area contributed by atoms with Gasteiger partial charge in [0, 0.05) is 17.8 Å². The molecule has 26 heavy (non-hydrogen) atoms. The summed E-state index contributed by atoms with van der Waals surface area (Å²) in [5.74, 6) is -0.935. The largest absolute Gasteiger partial charge is 0.332 e. The van der Waals surface area contributed by atoms with Crippen molar-refractivity contribution in [2.24, 2.45) is 0 Å². The highest BCUT2D eigenvalue weighted by molar-refractivity contribution is 7.89. The molecule has 9 heteroatoms. The molecule has 2 rings (SSSR count). The van der Waals surface area contributed by atoms with Crippen LogP contribution >= 0.6 is 12.2 Å². The first-order chi connectivity index (χ1) is 12.3. The second-order valence-electron chi connectivity index (χ2n) is 5.08. The molecule has 0 unspecified atom stereocenters. The highest BCUT2D eigenvalue weighted by Crippen LogP contribution is 2.14. The molecule has 136 valence electrons. The normalized spacial score (nSPS) is 10.8. The van der Waals surface area contributed by atoms with Crippen molar-refractivity contribution in [3.05, 3.63) is 72.6 Å². The van der Waals surface area contributed by atoms with Gasteiger partial charge in [-0.05, 0) is 60.7 Å². The number of carbonyl (C=O) groups is 1. The SMILES string of the molecule is C=CCNS(=O)(=O)c1ccc(NC(=S)NC(=O)c2ccc(F)cc2)cc1. The van der Waals surface area contributed by atoms with Gasteiger partial charge < -0.3 is 5.32 Å². The average Bonchev–Trinajstić information content (AvgIpc) is 2.61. The number of hydrogen-bond acceptors (Lipinski definition) is 4. The fraction of sp³-hybridized carbons (Fsp3) is 0.0588. The van der Waals surface area contributed by atoms with Crippen LogP contribution in [0.3, 0.4) is 0 Å². The number of carbonyl (C=O) groups excluding carboxylic acids is 1. The molecule has 6 nitrogen and oxygen atoms in total. The van der Waals surface area contributed by atoms with Crippen LogP contribution < -0.4 is 15.4 Å². The first-order valence-corrected chi connectivity index (χ1v) is 9.29. The van der Waals surface area contributed by atoms with Gasteiger partial charge in [-0.3, -0.25) is 10.1 Å². The Bertz CT molecular complexity index is 911. The first kappa shape index (κ1) is 19.7. The van der Waals surface area contributed by atoms with Crippen molar-refractivity contribution in [2.75, 3.05) is 11.9 Å². The van der Waals surface area contributed by atoms with Crippen molar-refractivity contribution in [2.45, 2.75) is 4.90 Å². The van der Waals surface area contributed by atoms with Crippen LogP contribution in [0.4, 0.5) is 10.1 Å². The van der Waals surface area contributed by atoms with Gasteiger partial charge in [0.05, 0.1) is 4.90 Å². The third kappa shape index (κ3) is 5.45. The van der Waals surface area contributed by atoms with Crippen LogP contribution in [0, 0.1) is 5.82 Å². The number of benzene rings is 2. The molecule has 0 atom stereocenters. The summed E-state index contributed by atoms with van der Waals surface area (Å²) in [4.78, 5) is 12.1. The van der Waals surface area contributed by atoms with E-state index in [1.54, 1.807) is 0 Å². The van der Waals surface area contributed by atoms with Crippen LogP contribution in [0.2, 0.25) is 0 Å². The molecular formula is C17H16FN3O3S2. The highest BCUT2D eigenvalue weighted by Gasteiger charge is 2.13. The summed E-state index contributed by atoms with van der Waals surface area (Å²) in [6.45, 7) is 3.58. The minimum Gasteiger partial charge on any atom is -0.332 e. The van der Waals surface area contributed by atoms with E-state index in [1.165, 1.54) is 54.6 Å². The van der Waals surface area contributed by atoms with E-state index >= 15 is 0 Å². The van der Waals surface area contributed by atoms with Crippen molar-refractivity contribution in [3.8, 4) is 0 Å². The van der Waals surface area contributed by atoms with E-state index in [2.05, 4.69) is 21.9 Å². The molecule has 0 heterocycles. The summed E-state index contributed by atoms with van der Waals surface area (Å²) >= 11 is 5.04. The molecule has 0 aliphatic carbocycles. The summed E-state index contributed by atoms with van der Waals surface area (Å²) in [6, 6.07) is 10.8. The molecule has 0 aromatic heterocycles. The van der Waals surface area contributed by atoms with Crippen LogP contribution in [0.15, 0.2) is 66.1 Å². The van der Waals surface area contributed by atoms with E-state index in [9.17, 15) is 17.6 Å². The molecule has 2 aromatic carbocycles. The van der Waals surface area contributed by atoms with E-state index in [0.29, 0.717) is 5.69 Å². The topological polar surface area (TPSA) is 87.3 Å². The third-order valence-electron chi connectivity index (χ3n) is 3.17. The molecule has 0 fully saturated rings. The number of amides is 1. The lowest BCUT2D eigenvalue weighted by Gasteiger charge is -2.10. The van der Waals surface area contributed by atoms with Crippen molar-refractivity contribution in [1.29, 1.82) is 0 Å². The average molecular weight is 393 g/mol. The lowest BCUT2D eigenvalue weighted by atomic mass is 10.2. The Labute approximate surface area is 156 Å². The monoisotopic (exact) mass is 393 g/mol. The number of thiocarbonyl (C=S) groups is 1.